The molecule has 2 fully saturated rings. The van der Waals surface area contributed by atoms with Crippen molar-refractivity contribution in [2.45, 2.75) is 57.8 Å². The summed E-state index contributed by atoms with van der Waals surface area (Å²) in [5.41, 5.74) is 0.856. The standard InChI is InChI=1S/C20H28BNO6/c1-19(2)20(3,4)28-21(27-19)15-7-5-13(6-8-15)11-16(18(24)25)22-17(23)14-9-10-26-12-14/h5-8,14,16H,9-12H2,1-4H3,(H,22,23)(H,24,25)/t14-,16-/m1/s1. The molecule has 2 aliphatic heterocycles. The van der Waals surface area contributed by atoms with Gasteiger partial charge in [0, 0.05) is 13.0 Å². The summed E-state index contributed by atoms with van der Waals surface area (Å²) in [7, 11) is -0.462. The lowest BCUT2D eigenvalue weighted by molar-refractivity contribution is -0.142. The van der Waals surface area contributed by atoms with Crippen LogP contribution in [0.15, 0.2) is 24.3 Å². The molecule has 2 aliphatic rings. The van der Waals surface area contributed by atoms with E-state index in [2.05, 4.69) is 5.32 Å². The fourth-order valence-electron chi connectivity index (χ4n) is 3.26. The summed E-state index contributed by atoms with van der Waals surface area (Å²) in [5.74, 6) is -1.59. The minimum absolute atomic E-state index is 0.207. The van der Waals surface area contributed by atoms with E-state index in [4.69, 9.17) is 14.0 Å². The van der Waals surface area contributed by atoms with Crippen LogP contribution in [0.1, 0.15) is 39.7 Å². The van der Waals surface area contributed by atoms with Crippen molar-refractivity contribution in [3.05, 3.63) is 29.8 Å². The zero-order valence-electron chi connectivity index (χ0n) is 16.9. The number of amides is 1. The van der Waals surface area contributed by atoms with Crippen LogP contribution in [-0.2, 0) is 30.1 Å². The second-order valence-electron chi connectivity index (χ2n) is 8.49. The SMILES string of the molecule is CC1(C)OB(c2ccc(C[C@@H](NC(=O)[C@@H]3CCOC3)C(=O)O)cc2)OC1(C)C. The maximum absolute atomic E-state index is 12.2. The number of hydrogen-bond acceptors (Lipinski definition) is 5. The van der Waals surface area contributed by atoms with Crippen LogP contribution < -0.4 is 10.8 Å². The van der Waals surface area contributed by atoms with Gasteiger partial charge >= 0.3 is 13.1 Å². The quantitative estimate of drug-likeness (QED) is 0.709. The van der Waals surface area contributed by atoms with E-state index < -0.39 is 30.3 Å². The first-order chi connectivity index (χ1) is 13.1. The van der Waals surface area contributed by atoms with Gasteiger partial charge in [-0.2, -0.15) is 0 Å². The molecule has 2 atom stereocenters. The van der Waals surface area contributed by atoms with Crippen molar-refractivity contribution in [3.8, 4) is 0 Å². The number of aliphatic carboxylic acids is 1. The normalized spacial score (nSPS) is 24.1. The van der Waals surface area contributed by atoms with Crippen molar-refractivity contribution >= 4 is 24.5 Å². The Morgan fingerprint density at radius 1 is 1.18 bits per heavy atom. The molecule has 7 nitrogen and oxygen atoms in total. The molecule has 2 N–H and O–H groups in total. The maximum atomic E-state index is 12.2. The van der Waals surface area contributed by atoms with Gasteiger partial charge in [0.2, 0.25) is 5.91 Å². The molecule has 2 heterocycles. The largest absolute Gasteiger partial charge is 0.494 e. The summed E-state index contributed by atoms with van der Waals surface area (Å²) >= 11 is 0. The second-order valence-corrected chi connectivity index (χ2v) is 8.49. The van der Waals surface area contributed by atoms with Crippen molar-refractivity contribution in [1.29, 1.82) is 0 Å². The number of carboxylic acid groups (broad SMARTS) is 1. The summed E-state index contributed by atoms with van der Waals surface area (Å²) in [6, 6.07) is 6.48. The molecule has 0 spiro atoms. The topological polar surface area (TPSA) is 94.1 Å². The molecule has 3 rings (SSSR count). The predicted molar refractivity (Wildman–Crippen MR) is 104 cm³/mol. The molecule has 28 heavy (non-hydrogen) atoms. The van der Waals surface area contributed by atoms with E-state index in [0.29, 0.717) is 19.6 Å². The molecule has 2 saturated heterocycles. The maximum Gasteiger partial charge on any atom is 0.494 e. The molecule has 1 aromatic rings. The van der Waals surface area contributed by atoms with E-state index >= 15 is 0 Å². The first kappa shape index (κ1) is 20.8. The fraction of sp³-hybridized carbons (Fsp3) is 0.600. The Balaban J connectivity index is 1.63. The Morgan fingerprint density at radius 3 is 2.29 bits per heavy atom. The van der Waals surface area contributed by atoms with Crippen LogP contribution in [0.4, 0.5) is 0 Å². The molecule has 0 saturated carbocycles. The third kappa shape index (κ3) is 4.40. The number of ether oxygens (including phenoxy) is 1. The fourth-order valence-corrected chi connectivity index (χ4v) is 3.26. The molecule has 0 aromatic heterocycles. The Hall–Kier alpha value is -1.90. The van der Waals surface area contributed by atoms with E-state index in [0.717, 1.165) is 11.0 Å². The van der Waals surface area contributed by atoms with E-state index in [1.54, 1.807) is 0 Å². The van der Waals surface area contributed by atoms with Gasteiger partial charge < -0.3 is 24.5 Å². The smallest absolute Gasteiger partial charge is 0.480 e. The lowest BCUT2D eigenvalue weighted by Gasteiger charge is -2.32. The summed E-state index contributed by atoms with van der Waals surface area (Å²) in [6.07, 6.45) is 0.833. The number of hydrogen-bond donors (Lipinski definition) is 2. The molecule has 0 aliphatic carbocycles. The summed E-state index contributed by atoms with van der Waals surface area (Å²) in [5, 5.41) is 12.1. The van der Waals surface area contributed by atoms with Crippen LogP contribution in [0.2, 0.25) is 0 Å². The monoisotopic (exact) mass is 389 g/mol. The van der Waals surface area contributed by atoms with Crippen molar-refractivity contribution < 1.29 is 28.7 Å². The van der Waals surface area contributed by atoms with E-state index in [1.807, 2.05) is 52.0 Å². The number of benzene rings is 1. The van der Waals surface area contributed by atoms with Gasteiger partial charge in [0.1, 0.15) is 6.04 Å². The molecule has 8 heteroatoms. The van der Waals surface area contributed by atoms with Gasteiger partial charge in [-0.15, -0.1) is 0 Å². The highest BCUT2D eigenvalue weighted by atomic mass is 16.7. The van der Waals surface area contributed by atoms with E-state index in [-0.39, 0.29) is 18.2 Å². The summed E-state index contributed by atoms with van der Waals surface area (Å²) in [6.45, 7) is 8.87. The Kier molecular flexibility index (Phi) is 5.84. The van der Waals surface area contributed by atoms with Crippen LogP contribution >= 0.6 is 0 Å². The highest BCUT2D eigenvalue weighted by molar-refractivity contribution is 6.62. The molecular weight excluding hydrogens is 361 g/mol. The first-order valence-corrected chi connectivity index (χ1v) is 9.64. The third-order valence-corrected chi connectivity index (χ3v) is 5.86. The molecule has 152 valence electrons. The van der Waals surface area contributed by atoms with Crippen LogP contribution in [0.25, 0.3) is 0 Å². The Morgan fingerprint density at radius 2 is 1.79 bits per heavy atom. The van der Waals surface area contributed by atoms with Crippen LogP contribution in [0.3, 0.4) is 0 Å². The average molecular weight is 389 g/mol. The summed E-state index contributed by atoms with van der Waals surface area (Å²) in [4.78, 5) is 23.8. The molecular formula is C20H28BNO6. The molecule has 0 bridgehead atoms. The van der Waals surface area contributed by atoms with Crippen molar-refractivity contribution in [1.82, 2.24) is 5.32 Å². The average Bonchev–Trinajstić information content (AvgIpc) is 3.21. The van der Waals surface area contributed by atoms with Gasteiger partial charge in [0.15, 0.2) is 0 Å². The van der Waals surface area contributed by atoms with Crippen molar-refractivity contribution in [3.63, 3.8) is 0 Å². The number of carbonyl (C=O) groups excluding carboxylic acids is 1. The third-order valence-electron chi connectivity index (χ3n) is 5.86. The van der Waals surface area contributed by atoms with Crippen LogP contribution in [0, 0.1) is 5.92 Å². The van der Waals surface area contributed by atoms with E-state index in [1.165, 1.54) is 0 Å². The summed E-state index contributed by atoms with van der Waals surface area (Å²) < 4.78 is 17.3. The number of carbonyl (C=O) groups is 2. The number of rotatable bonds is 6. The second kappa shape index (κ2) is 7.85. The van der Waals surface area contributed by atoms with Gasteiger partial charge in [-0.3, -0.25) is 4.79 Å². The number of carboxylic acids is 1. The molecule has 1 amide bonds. The minimum atomic E-state index is -1.05. The lowest BCUT2D eigenvalue weighted by atomic mass is 9.78. The predicted octanol–water partition coefficient (Wildman–Crippen LogP) is 1.13. The number of nitrogens with one attached hydrogen (secondary N) is 1. The van der Waals surface area contributed by atoms with Gasteiger partial charge in [-0.05, 0) is 45.1 Å². The van der Waals surface area contributed by atoms with Gasteiger partial charge in [-0.1, -0.05) is 24.3 Å². The van der Waals surface area contributed by atoms with E-state index in [9.17, 15) is 14.7 Å². The van der Waals surface area contributed by atoms with Gasteiger partial charge in [0.05, 0.1) is 23.7 Å². The minimum Gasteiger partial charge on any atom is -0.480 e. The highest BCUT2D eigenvalue weighted by Gasteiger charge is 2.51. The van der Waals surface area contributed by atoms with Crippen molar-refractivity contribution in [2.24, 2.45) is 5.92 Å². The molecule has 0 radical (unpaired) electrons. The van der Waals surface area contributed by atoms with Gasteiger partial charge in [-0.25, -0.2) is 4.79 Å². The lowest BCUT2D eigenvalue weighted by Crippen LogP contribution is -2.45. The first-order valence-electron chi connectivity index (χ1n) is 9.64. The molecule has 1 aromatic carbocycles. The zero-order chi connectivity index (χ0) is 20.5. The van der Waals surface area contributed by atoms with Gasteiger partial charge in [0.25, 0.3) is 0 Å². The zero-order valence-corrected chi connectivity index (χ0v) is 16.9. The molecule has 0 unspecified atom stereocenters. The Labute approximate surface area is 165 Å². The van der Waals surface area contributed by atoms with Crippen molar-refractivity contribution in [2.75, 3.05) is 13.2 Å². The van der Waals surface area contributed by atoms with Crippen LogP contribution in [-0.4, -0.2) is 54.6 Å². The Bertz CT molecular complexity index is 711. The van der Waals surface area contributed by atoms with Crippen LogP contribution in [0.5, 0.6) is 0 Å². The highest BCUT2D eigenvalue weighted by Crippen LogP contribution is 2.36.